The van der Waals surface area contributed by atoms with E-state index in [1.807, 2.05) is 4.90 Å². The van der Waals surface area contributed by atoms with Crippen LogP contribution in [0, 0.1) is 15.6 Å². The van der Waals surface area contributed by atoms with E-state index < -0.39 is 15.3 Å². The number of hydrogen-bond acceptors (Lipinski definition) is 4. The van der Waals surface area contributed by atoms with Crippen molar-refractivity contribution in [2.45, 2.75) is 53.1 Å². The first-order valence-electron chi connectivity index (χ1n) is 8.77. The quantitative estimate of drug-likeness (QED) is 0.795. The molecule has 2 aliphatic heterocycles. The molecule has 1 spiro atoms. The Balaban J connectivity index is 1.94. The molecular formula is C17H33N3O3S. The summed E-state index contributed by atoms with van der Waals surface area (Å²) in [4.78, 5) is 14.4. The van der Waals surface area contributed by atoms with Crippen LogP contribution in [0.4, 0.5) is 4.79 Å². The maximum absolute atomic E-state index is 12.6. The molecule has 0 aromatic rings. The molecule has 2 amide bonds. The van der Waals surface area contributed by atoms with E-state index in [2.05, 4.69) is 39.9 Å². The van der Waals surface area contributed by atoms with Gasteiger partial charge in [-0.1, -0.05) is 34.6 Å². The van der Waals surface area contributed by atoms with E-state index in [1.54, 1.807) is 0 Å². The zero-order valence-corrected chi connectivity index (χ0v) is 16.6. The molecule has 2 aliphatic rings. The molecule has 0 aromatic carbocycles. The summed E-state index contributed by atoms with van der Waals surface area (Å²) in [7, 11) is -2.44. The number of morpholine rings is 1. The number of carbonyl (C=O) groups excluding carboxylic acids is 1. The second kappa shape index (κ2) is 6.48. The van der Waals surface area contributed by atoms with Gasteiger partial charge in [0.1, 0.15) is 0 Å². The zero-order chi connectivity index (χ0) is 18.2. The van der Waals surface area contributed by atoms with Gasteiger partial charge in [-0.2, -0.15) is 0 Å². The number of nitrogens with one attached hydrogen (secondary N) is 2. The fraction of sp³-hybridized carbons (Fsp3) is 0.941. The highest BCUT2D eigenvalue weighted by molar-refractivity contribution is 7.92. The molecule has 2 fully saturated rings. The topological polar surface area (TPSA) is 82.5 Å². The molecule has 7 heteroatoms. The third-order valence-electron chi connectivity index (χ3n) is 6.02. The summed E-state index contributed by atoms with van der Waals surface area (Å²) in [6, 6.07) is -0.0489. The highest BCUT2D eigenvalue weighted by Crippen LogP contribution is 2.37. The number of hydrogen-bond donors (Lipinski definition) is 2. The Morgan fingerprint density at radius 1 is 1.25 bits per heavy atom. The summed E-state index contributed by atoms with van der Waals surface area (Å²) in [5.41, 5.74) is -0.310. The van der Waals surface area contributed by atoms with Crippen LogP contribution in [-0.2, 0) is 14.5 Å². The Morgan fingerprint density at radius 2 is 1.83 bits per heavy atom. The second-order valence-electron chi connectivity index (χ2n) is 8.97. The standard InChI is InChI=1S/C17H33N3O3S/c1-15(2,3)16(4,5)12-19-14(21)20-8-9-23-17(13-20)6-10-24(18,22)11-7-17/h18H,6-13H2,1-5H3,(H,19,21). The van der Waals surface area contributed by atoms with Crippen molar-refractivity contribution < 1.29 is 13.7 Å². The van der Waals surface area contributed by atoms with E-state index >= 15 is 0 Å². The number of carbonyl (C=O) groups is 1. The molecule has 0 saturated carbocycles. The molecule has 0 aromatic heterocycles. The van der Waals surface area contributed by atoms with E-state index in [1.165, 1.54) is 0 Å². The van der Waals surface area contributed by atoms with Gasteiger partial charge < -0.3 is 15.0 Å². The number of ether oxygens (including phenoxy) is 1. The highest BCUT2D eigenvalue weighted by Gasteiger charge is 2.42. The van der Waals surface area contributed by atoms with Gasteiger partial charge in [0.25, 0.3) is 0 Å². The summed E-state index contributed by atoms with van der Waals surface area (Å²) in [6.45, 7) is 13.1. The Bertz CT molecular complexity index is 564. The number of amides is 2. The molecule has 0 radical (unpaired) electrons. The first-order chi connectivity index (χ1) is 10.9. The van der Waals surface area contributed by atoms with Crippen LogP contribution in [0.15, 0.2) is 0 Å². The van der Waals surface area contributed by atoms with Gasteiger partial charge in [0.2, 0.25) is 0 Å². The maximum atomic E-state index is 12.6. The van der Waals surface area contributed by atoms with Crippen LogP contribution in [0.5, 0.6) is 0 Å². The van der Waals surface area contributed by atoms with Gasteiger partial charge in [-0.15, -0.1) is 0 Å². The molecule has 0 unspecified atom stereocenters. The molecule has 0 aliphatic carbocycles. The molecule has 2 heterocycles. The molecular weight excluding hydrogens is 326 g/mol. The smallest absolute Gasteiger partial charge is 0.317 e. The van der Waals surface area contributed by atoms with Gasteiger partial charge in [0, 0.05) is 34.3 Å². The SMILES string of the molecule is CC(C)(C)C(C)(C)CNC(=O)N1CCOC2(CCS(=N)(=O)CC2)C1. The summed E-state index contributed by atoms with van der Waals surface area (Å²) in [5.74, 6) is 0.749. The van der Waals surface area contributed by atoms with Crippen LogP contribution in [0.1, 0.15) is 47.5 Å². The van der Waals surface area contributed by atoms with E-state index in [9.17, 15) is 9.00 Å². The predicted molar refractivity (Wildman–Crippen MR) is 96.7 cm³/mol. The van der Waals surface area contributed by atoms with E-state index in [-0.39, 0.29) is 16.9 Å². The van der Waals surface area contributed by atoms with Crippen LogP contribution in [0.25, 0.3) is 0 Å². The number of urea groups is 1. The monoisotopic (exact) mass is 359 g/mol. The lowest BCUT2D eigenvalue weighted by Gasteiger charge is -2.45. The van der Waals surface area contributed by atoms with Gasteiger partial charge in [0.05, 0.1) is 18.8 Å². The molecule has 2 rings (SSSR count). The number of nitrogens with zero attached hydrogens (tertiary/aromatic N) is 1. The fourth-order valence-electron chi connectivity index (χ4n) is 2.92. The first-order valence-corrected chi connectivity index (χ1v) is 10.7. The lowest BCUT2D eigenvalue weighted by atomic mass is 9.69. The lowest BCUT2D eigenvalue weighted by Crippen LogP contribution is -2.59. The van der Waals surface area contributed by atoms with E-state index in [0.717, 1.165) is 0 Å². The van der Waals surface area contributed by atoms with Crippen molar-refractivity contribution in [3.05, 3.63) is 0 Å². The first kappa shape index (κ1) is 19.5. The average molecular weight is 360 g/mol. The Kier molecular flexibility index (Phi) is 5.27. The van der Waals surface area contributed by atoms with Crippen LogP contribution in [0.2, 0.25) is 0 Å². The third-order valence-corrected chi connectivity index (χ3v) is 7.75. The molecule has 0 atom stereocenters. The Morgan fingerprint density at radius 3 is 2.38 bits per heavy atom. The molecule has 2 N–H and O–H groups in total. The van der Waals surface area contributed by atoms with Crippen molar-refractivity contribution in [3.63, 3.8) is 0 Å². The highest BCUT2D eigenvalue weighted by atomic mass is 32.2. The molecule has 140 valence electrons. The minimum absolute atomic E-state index is 0.00574. The summed E-state index contributed by atoms with van der Waals surface area (Å²) in [6.07, 6.45) is 1.21. The summed E-state index contributed by atoms with van der Waals surface area (Å²) in [5, 5.41) is 3.08. The largest absolute Gasteiger partial charge is 0.371 e. The normalized spacial score (nSPS) is 32.0. The lowest BCUT2D eigenvalue weighted by molar-refractivity contribution is -0.102. The van der Waals surface area contributed by atoms with Crippen LogP contribution in [-0.4, -0.2) is 58.5 Å². The average Bonchev–Trinajstić information content (AvgIpc) is 2.48. The minimum Gasteiger partial charge on any atom is -0.371 e. The third kappa shape index (κ3) is 4.42. The maximum Gasteiger partial charge on any atom is 0.317 e. The predicted octanol–water partition coefficient (Wildman–Crippen LogP) is 2.68. The van der Waals surface area contributed by atoms with Gasteiger partial charge in [-0.05, 0) is 23.7 Å². The van der Waals surface area contributed by atoms with Crippen molar-refractivity contribution in [1.82, 2.24) is 10.2 Å². The van der Waals surface area contributed by atoms with Crippen molar-refractivity contribution in [3.8, 4) is 0 Å². The van der Waals surface area contributed by atoms with E-state index in [4.69, 9.17) is 9.52 Å². The van der Waals surface area contributed by atoms with Crippen molar-refractivity contribution in [2.24, 2.45) is 10.8 Å². The van der Waals surface area contributed by atoms with Gasteiger partial charge >= 0.3 is 6.03 Å². The van der Waals surface area contributed by atoms with Crippen molar-refractivity contribution in [2.75, 3.05) is 37.7 Å². The molecule has 6 nitrogen and oxygen atoms in total. The Hall–Kier alpha value is -0.820. The summed E-state index contributed by atoms with van der Waals surface area (Å²) < 4.78 is 25.6. The van der Waals surface area contributed by atoms with Gasteiger partial charge in [0.15, 0.2) is 0 Å². The minimum atomic E-state index is -2.44. The van der Waals surface area contributed by atoms with Crippen LogP contribution in [0.3, 0.4) is 0 Å². The summed E-state index contributed by atoms with van der Waals surface area (Å²) >= 11 is 0. The van der Waals surface area contributed by atoms with Crippen LogP contribution >= 0.6 is 0 Å². The fourth-order valence-corrected chi connectivity index (χ4v) is 4.53. The molecule has 2 saturated heterocycles. The van der Waals surface area contributed by atoms with Gasteiger partial charge in [-0.25, -0.2) is 9.00 Å². The second-order valence-corrected chi connectivity index (χ2v) is 11.4. The van der Waals surface area contributed by atoms with Crippen LogP contribution < -0.4 is 5.32 Å². The molecule has 0 bridgehead atoms. The zero-order valence-electron chi connectivity index (χ0n) is 15.7. The molecule has 24 heavy (non-hydrogen) atoms. The van der Waals surface area contributed by atoms with Crippen molar-refractivity contribution in [1.29, 1.82) is 4.78 Å². The van der Waals surface area contributed by atoms with Gasteiger partial charge in [-0.3, -0.25) is 4.78 Å². The van der Waals surface area contributed by atoms with Crippen molar-refractivity contribution >= 4 is 15.8 Å². The van der Waals surface area contributed by atoms with E-state index in [0.29, 0.717) is 50.6 Å². The number of rotatable bonds is 2. The Labute approximate surface area is 146 Å².